The number of aromatic amines is 1. The number of H-pyrrole nitrogens is 1. The van der Waals surface area contributed by atoms with Crippen molar-refractivity contribution >= 4 is 28.8 Å². The molecule has 0 saturated heterocycles. The molecule has 0 amide bonds. The van der Waals surface area contributed by atoms with Gasteiger partial charge in [-0.3, -0.25) is 9.89 Å². The largest absolute Gasteiger partial charge is 0.379 e. The molecule has 1 aromatic carbocycles. The molecule has 1 aliphatic rings. The highest BCUT2D eigenvalue weighted by Gasteiger charge is 2.13. The van der Waals surface area contributed by atoms with Crippen molar-refractivity contribution in [1.82, 2.24) is 19.6 Å². The smallest absolute Gasteiger partial charge is 0.274 e. The number of aryl methyl sites for hydroxylation is 2. The molecule has 0 saturated carbocycles. The fraction of sp³-hybridized carbons (Fsp3) is 0.318. The quantitative estimate of drug-likeness (QED) is 0.646. The number of anilines is 1. The van der Waals surface area contributed by atoms with Crippen LogP contribution in [0, 0.1) is 6.92 Å². The lowest BCUT2D eigenvalue weighted by molar-refractivity contribution is 0.871. The van der Waals surface area contributed by atoms with Crippen LogP contribution < -0.4 is 10.9 Å². The van der Waals surface area contributed by atoms with Crippen LogP contribution in [0.2, 0.25) is 0 Å². The van der Waals surface area contributed by atoms with Crippen molar-refractivity contribution in [2.24, 2.45) is 0 Å². The van der Waals surface area contributed by atoms with Crippen molar-refractivity contribution < 1.29 is 0 Å². The molecule has 2 N–H and O–H groups in total. The van der Waals surface area contributed by atoms with E-state index in [1.165, 1.54) is 15.6 Å². The topological polar surface area (TPSA) is 75.1 Å². The van der Waals surface area contributed by atoms with Crippen LogP contribution in [0.5, 0.6) is 0 Å². The molecule has 29 heavy (non-hydrogen) atoms. The number of thioether (sulfide) groups is 1. The van der Waals surface area contributed by atoms with Crippen LogP contribution in [0.25, 0.3) is 11.4 Å². The van der Waals surface area contributed by atoms with E-state index in [0.29, 0.717) is 23.8 Å². The molecule has 0 fully saturated rings. The van der Waals surface area contributed by atoms with Gasteiger partial charge in [-0.25, -0.2) is 4.98 Å². The lowest BCUT2D eigenvalue weighted by atomic mass is 10.1. The first-order chi connectivity index (χ1) is 14.2. The standard InChI is InChI=1S/C20H21N5OS.C2H6/c1-3-14-7-4-6-13(2)18(14)21-11-16-10-17(26)25-20(22-16)23-19(24-25)15-8-5-9-27-12-15;1-2/h4-10,21H,3,11-12H2,1-2H3,(H,22,23,24);1-2H3. The first kappa shape index (κ1) is 20.9. The second kappa shape index (κ2) is 9.60. The first-order valence-electron chi connectivity index (χ1n) is 9.94. The van der Waals surface area contributed by atoms with E-state index in [0.717, 1.165) is 23.4 Å². The summed E-state index contributed by atoms with van der Waals surface area (Å²) in [4.78, 5) is 21.6. The second-order valence-corrected chi connectivity index (χ2v) is 7.34. The highest BCUT2D eigenvalue weighted by molar-refractivity contribution is 8.02. The van der Waals surface area contributed by atoms with Crippen molar-refractivity contribution in [2.45, 2.75) is 40.7 Å². The summed E-state index contributed by atoms with van der Waals surface area (Å²) in [5.41, 5.74) is 5.13. The van der Waals surface area contributed by atoms with Gasteiger partial charge in [0.05, 0.1) is 12.2 Å². The van der Waals surface area contributed by atoms with Gasteiger partial charge in [0, 0.05) is 23.1 Å². The predicted octanol–water partition coefficient (Wildman–Crippen LogP) is 4.57. The van der Waals surface area contributed by atoms with Gasteiger partial charge >= 0.3 is 0 Å². The van der Waals surface area contributed by atoms with Crippen molar-refractivity contribution in [3.63, 3.8) is 0 Å². The normalized spacial score (nSPS) is 13.0. The van der Waals surface area contributed by atoms with Crippen molar-refractivity contribution in [3.05, 3.63) is 74.8 Å². The van der Waals surface area contributed by atoms with Crippen LogP contribution in [0.15, 0.2) is 46.6 Å². The monoisotopic (exact) mass is 409 g/mol. The maximum Gasteiger partial charge on any atom is 0.274 e. The average molecular weight is 410 g/mol. The summed E-state index contributed by atoms with van der Waals surface area (Å²) in [6.45, 7) is 8.69. The van der Waals surface area contributed by atoms with Gasteiger partial charge in [-0.15, -0.1) is 11.8 Å². The van der Waals surface area contributed by atoms with Crippen LogP contribution in [0.3, 0.4) is 0 Å². The Morgan fingerprint density at radius 1 is 1.28 bits per heavy atom. The van der Waals surface area contributed by atoms with Gasteiger partial charge in [0.2, 0.25) is 0 Å². The number of nitrogens with one attached hydrogen (secondary N) is 2. The van der Waals surface area contributed by atoms with Gasteiger partial charge < -0.3 is 5.32 Å². The molecular formula is C22H27N5OS. The highest BCUT2D eigenvalue weighted by Crippen LogP contribution is 2.23. The Balaban J connectivity index is 0.00000117. The number of fused-ring (bicyclic) bond motifs is 1. The number of hydrogen-bond donors (Lipinski definition) is 2. The van der Waals surface area contributed by atoms with E-state index >= 15 is 0 Å². The Kier molecular flexibility index (Phi) is 6.93. The zero-order valence-corrected chi connectivity index (χ0v) is 18.1. The average Bonchev–Trinajstić information content (AvgIpc) is 3.20. The molecule has 152 valence electrons. The van der Waals surface area contributed by atoms with Gasteiger partial charge in [-0.05, 0) is 29.9 Å². The lowest BCUT2D eigenvalue weighted by Crippen LogP contribution is -2.17. The molecule has 4 rings (SSSR count). The summed E-state index contributed by atoms with van der Waals surface area (Å²) in [5.74, 6) is 1.91. The van der Waals surface area contributed by atoms with Crippen molar-refractivity contribution in [1.29, 1.82) is 0 Å². The summed E-state index contributed by atoms with van der Waals surface area (Å²) in [6, 6.07) is 7.81. The number of aromatic nitrogens is 4. The van der Waals surface area contributed by atoms with Crippen LogP contribution in [0.4, 0.5) is 5.69 Å². The molecule has 6 nitrogen and oxygen atoms in total. The summed E-state index contributed by atoms with van der Waals surface area (Å²) in [6.07, 6.45) is 4.94. The number of nitrogens with zero attached hydrogens (tertiary/aromatic N) is 3. The molecule has 3 heterocycles. The van der Waals surface area contributed by atoms with E-state index in [1.807, 2.05) is 31.4 Å². The number of allylic oxidation sites excluding steroid dienone is 2. The van der Waals surface area contributed by atoms with Crippen LogP contribution in [0.1, 0.15) is 43.4 Å². The zero-order valence-electron chi connectivity index (χ0n) is 17.3. The third-order valence-corrected chi connectivity index (χ3v) is 5.41. The third-order valence-electron chi connectivity index (χ3n) is 4.59. The maximum atomic E-state index is 12.5. The molecule has 0 radical (unpaired) electrons. The molecule has 0 spiro atoms. The minimum absolute atomic E-state index is 0.157. The molecule has 2 aromatic heterocycles. The van der Waals surface area contributed by atoms with Gasteiger partial charge in [-0.2, -0.15) is 9.50 Å². The van der Waals surface area contributed by atoms with Gasteiger partial charge in [-0.1, -0.05) is 51.1 Å². The van der Waals surface area contributed by atoms with Crippen LogP contribution in [-0.2, 0) is 13.0 Å². The zero-order chi connectivity index (χ0) is 20.8. The van der Waals surface area contributed by atoms with Crippen molar-refractivity contribution in [2.75, 3.05) is 11.1 Å². The molecular weight excluding hydrogens is 382 g/mol. The lowest BCUT2D eigenvalue weighted by Gasteiger charge is -2.13. The summed E-state index contributed by atoms with van der Waals surface area (Å²) in [5, 5.41) is 8.53. The Bertz CT molecular complexity index is 1110. The molecule has 3 aromatic rings. The van der Waals surface area contributed by atoms with Gasteiger partial charge in [0.15, 0.2) is 5.82 Å². The van der Waals surface area contributed by atoms with Gasteiger partial charge in [0.25, 0.3) is 11.3 Å². The summed E-state index contributed by atoms with van der Waals surface area (Å²) < 4.78 is 1.40. The molecule has 0 unspecified atom stereocenters. The second-order valence-electron chi connectivity index (χ2n) is 6.44. The SMILES string of the molecule is CC.CCc1cccc(C)c1NCc1cc(=O)n2[nH]c(C3=CC=CSC3)nc2n1. The van der Waals surface area contributed by atoms with E-state index in [-0.39, 0.29) is 5.56 Å². The predicted molar refractivity (Wildman–Crippen MR) is 122 cm³/mol. The van der Waals surface area contributed by atoms with E-state index in [2.05, 4.69) is 52.4 Å². The van der Waals surface area contributed by atoms with Gasteiger partial charge in [0.1, 0.15) is 0 Å². The molecule has 0 bridgehead atoms. The fourth-order valence-corrected chi connectivity index (χ4v) is 3.86. The Morgan fingerprint density at radius 3 is 2.83 bits per heavy atom. The Hall–Kier alpha value is -2.80. The maximum absolute atomic E-state index is 12.5. The minimum atomic E-state index is -0.157. The Morgan fingerprint density at radius 2 is 2.10 bits per heavy atom. The summed E-state index contributed by atoms with van der Waals surface area (Å²) in [7, 11) is 0. The van der Waals surface area contributed by atoms with Crippen LogP contribution in [-0.4, -0.2) is 25.3 Å². The third kappa shape index (κ3) is 4.62. The number of para-hydroxylation sites is 1. The van der Waals surface area contributed by atoms with Crippen molar-refractivity contribution in [3.8, 4) is 0 Å². The number of rotatable bonds is 5. The van der Waals surface area contributed by atoms with E-state index in [4.69, 9.17) is 0 Å². The summed E-state index contributed by atoms with van der Waals surface area (Å²) >= 11 is 1.70. The molecule has 7 heteroatoms. The van der Waals surface area contributed by atoms with E-state index in [9.17, 15) is 4.79 Å². The van der Waals surface area contributed by atoms with Crippen LogP contribution >= 0.6 is 11.8 Å². The first-order valence-corrected chi connectivity index (χ1v) is 11.0. The Labute approximate surface area is 175 Å². The highest BCUT2D eigenvalue weighted by atomic mass is 32.2. The molecule has 0 atom stereocenters. The number of benzene rings is 1. The van der Waals surface area contributed by atoms with E-state index < -0.39 is 0 Å². The molecule has 1 aliphatic heterocycles. The fourth-order valence-electron chi connectivity index (χ4n) is 3.16. The number of hydrogen-bond acceptors (Lipinski definition) is 5. The minimum Gasteiger partial charge on any atom is -0.379 e. The molecule has 0 aliphatic carbocycles. The van der Waals surface area contributed by atoms with E-state index in [1.54, 1.807) is 17.8 Å².